The highest BCUT2D eigenvalue weighted by atomic mass is 79.9. The smallest absolute Gasteiger partial charge is 0.356 e. The first-order valence-corrected chi connectivity index (χ1v) is 5.54. The van der Waals surface area contributed by atoms with Crippen LogP contribution in [0.5, 0.6) is 0 Å². The molecule has 2 rings (SSSR count). The maximum absolute atomic E-state index is 13.1. The van der Waals surface area contributed by atoms with E-state index in [-0.39, 0.29) is 11.5 Å². The Labute approximate surface area is 105 Å². The summed E-state index contributed by atoms with van der Waals surface area (Å²) in [5, 5.41) is 8.71. The molecule has 0 radical (unpaired) electrons. The van der Waals surface area contributed by atoms with E-state index in [1.54, 1.807) is 10.6 Å². The first-order chi connectivity index (χ1) is 8.04. The van der Waals surface area contributed by atoms with Gasteiger partial charge in [0.05, 0.1) is 6.33 Å². The van der Waals surface area contributed by atoms with E-state index in [0.717, 1.165) is 5.56 Å². The van der Waals surface area contributed by atoms with E-state index >= 15 is 0 Å². The van der Waals surface area contributed by atoms with E-state index in [1.165, 1.54) is 24.7 Å². The average Bonchev–Trinajstić information content (AvgIpc) is 2.64. The van der Waals surface area contributed by atoms with Crippen molar-refractivity contribution in [2.24, 2.45) is 0 Å². The van der Waals surface area contributed by atoms with E-state index in [0.29, 0.717) is 11.0 Å². The van der Waals surface area contributed by atoms with Gasteiger partial charge in [-0.05, 0) is 23.8 Å². The molecule has 0 aliphatic rings. The minimum Gasteiger partial charge on any atom is -0.476 e. The second-order valence-corrected chi connectivity index (χ2v) is 4.43. The molecule has 0 fully saturated rings. The molecular weight excluding hydrogens is 291 g/mol. The summed E-state index contributed by atoms with van der Waals surface area (Å²) in [6.45, 7) is 0.372. The predicted molar refractivity (Wildman–Crippen MR) is 62.4 cm³/mol. The molecule has 4 nitrogen and oxygen atoms in total. The summed E-state index contributed by atoms with van der Waals surface area (Å²) in [6, 6.07) is 4.52. The number of carboxylic acid groups (broad SMARTS) is 1. The van der Waals surface area contributed by atoms with Gasteiger partial charge in [-0.1, -0.05) is 15.9 Å². The second-order valence-electron chi connectivity index (χ2n) is 3.51. The van der Waals surface area contributed by atoms with Gasteiger partial charge in [-0.15, -0.1) is 0 Å². The number of hydrogen-bond donors (Lipinski definition) is 1. The number of imidazole rings is 1. The van der Waals surface area contributed by atoms with Gasteiger partial charge in [0.2, 0.25) is 0 Å². The highest BCUT2D eigenvalue weighted by molar-refractivity contribution is 9.10. The first kappa shape index (κ1) is 11.8. The van der Waals surface area contributed by atoms with Crippen LogP contribution < -0.4 is 0 Å². The van der Waals surface area contributed by atoms with E-state index in [4.69, 9.17) is 5.11 Å². The van der Waals surface area contributed by atoms with Crippen molar-refractivity contribution >= 4 is 21.9 Å². The minimum atomic E-state index is -1.08. The van der Waals surface area contributed by atoms with Crippen LogP contribution in [0.2, 0.25) is 0 Å². The molecular formula is C11H8BrFN2O2. The van der Waals surface area contributed by atoms with Gasteiger partial charge in [0.15, 0.2) is 5.69 Å². The lowest BCUT2D eigenvalue weighted by molar-refractivity contribution is 0.0691. The SMILES string of the molecule is O=C(O)c1cn(Cc2cc(F)cc(Br)c2)cn1. The number of rotatable bonds is 3. The van der Waals surface area contributed by atoms with Gasteiger partial charge in [0, 0.05) is 17.2 Å². The summed E-state index contributed by atoms with van der Waals surface area (Å²) in [4.78, 5) is 14.3. The van der Waals surface area contributed by atoms with Gasteiger partial charge in [-0.3, -0.25) is 0 Å². The van der Waals surface area contributed by atoms with Gasteiger partial charge in [-0.25, -0.2) is 14.2 Å². The Kier molecular flexibility index (Phi) is 3.23. The zero-order valence-corrected chi connectivity index (χ0v) is 10.2. The third kappa shape index (κ3) is 2.91. The number of nitrogens with zero attached hydrogens (tertiary/aromatic N) is 2. The Bertz CT molecular complexity index is 548. The molecule has 2 aromatic rings. The van der Waals surface area contributed by atoms with Crippen LogP contribution >= 0.6 is 15.9 Å². The van der Waals surface area contributed by atoms with Crippen molar-refractivity contribution in [2.75, 3.05) is 0 Å². The molecule has 0 saturated heterocycles. The van der Waals surface area contributed by atoms with Crippen LogP contribution in [0.1, 0.15) is 16.1 Å². The number of benzene rings is 1. The number of halogens is 2. The van der Waals surface area contributed by atoms with E-state index in [1.807, 2.05) is 0 Å². The third-order valence-corrected chi connectivity index (χ3v) is 2.60. The number of aromatic carboxylic acids is 1. The molecule has 0 aliphatic heterocycles. The number of carboxylic acids is 1. The Hall–Kier alpha value is -1.69. The van der Waals surface area contributed by atoms with Crippen LogP contribution in [-0.2, 0) is 6.54 Å². The summed E-state index contributed by atoms with van der Waals surface area (Å²) < 4.78 is 15.3. The van der Waals surface area contributed by atoms with Crippen LogP contribution in [-0.4, -0.2) is 20.6 Å². The maximum Gasteiger partial charge on any atom is 0.356 e. The molecule has 0 bridgehead atoms. The standard InChI is InChI=1S/C11H8BrFN2O2/c12-8-1-7(2-9(13)3-8)4-15-5-10(11(16)17)14-6-15/h1-3,5-6H,4H2,(H,16,17). The number of carbonyl (C=O) groups is 1. The van der Waals surface area contributed by atoms with Gasteiger partial charge < -0.3 is 9.67 Å². The molecule has 0 spiro atoms. The molecule has 0 amide bonds. The Balaban J connectivity index is 2.22. The average molecular weight is 299 g/mol. The first-order valence-electron chi connectivity index (χ1n) is 4.74. The van der Waals surface area contributed by atoms with Gasteiger partial charge in [0.1, 0.15) is 5.82 Å². The fraction of sp³-hybridized carbons (Fsp3) is 0.0909. The van der Waals surface area contributed by atoms with E-state index < -0.39 is 5.97 Å². The molecule has 0 unspecified atom stereocenters. The van der Waals surface area contributed by atoms with Crippen molar-refractivity contribution in [1.82, 2.24) is 9.55 Å². The van der Waals surface area contributed by atoms with Crippen LogP contribution in [0, 0.1) is 5.82 Å². The molecule has 0 atom stereocenters. The summed E-state index contributed by atoms with van der Waals surface area (Å²) in [5.41, 5.74) is 0.701. The zero-order valence-electron chi connectivity index (χ0n) is 8.60. The van der Waals surface area contributed by atoms with Crippen molar-refractivity contribution in [3.8, 4) is 0 Å². The van der Waals surface area contributed by atoms with Crippen molar-refractivity contribution in [1.29, 1.82) is 0 Å². The quantitative estimate of drug-likeness (QED) is 0.947. The molecule has 1 aromatic carbocycles. The van der Waals surface area contributed by atoms with Crippen LogP contribution in [0.25, 0.3) is 0 Å². The van der Waals surface area contributed by atoms with Crippen LogP contribution in [0.4, 0.5) is 4.39 Å². The topological polar surface area (TPSA) is 55.1 Å². The van der Waals surface area contributed by atoms with E-state index in [2.05, 4.69) is 20.9 Å². The van der Waals surface area contributed by atoms with Gasteiger partial charge in [-0.2, -0.15) is 0 Å². The molecule has 1 N–H and O–H groups in total. The summed E-state index contributed by atoms with van der Waals surface area (Å²) in [5.74, 6) is -1.42. The third-order valence-electron chi connectivity index (χ3n) is 2.14. The van der Waals surface area contributed by atoms with Gasteiger partial charge >= 0.3 is 5.97 Å². The molecule has 6 heteroatoms. The normalized spacial score (nSPS) is 10.5. The highest BCUT2D eigenvalue weighted by Gasteiger charge is 2.07. The maximum atomic E-state index is 13.1. The summed E-state index contributed by atoms with van der Waals surface area (Å²) >= 11 is 3.20. The molecule has 88 valence electrons. The molecule has 1 aromatic heterocycles. The summed E-state index contributed by atoms with van der Waals surface area (Å²) in [6.07, 6.45) is 2.81. The Morgan fingerprint density at radius 2 is 2.24 bits per heavy atom. The predicted octanol–water partition coefficient (Wildman–Crippen LogP) is 2.53. The lowest BCUT2D eigenvalue weighted by Gasteiger charge is -2.03. The Morgan fingerprint density at radius 3 is 2.82 bits per heavy atom. The Morgan fingerprint density at radius 1 is 1.47 bits per heavy atom. The number of hydrogen-bond acceptors (Lipinski definition) is 2. The zero-order chi connectivity index (χ0) is 12.4. The lowest BCUT2D eigenvalue weighted by atomic mass is 10.2. The molecule has 0 saturated carbocycles. The largest absolute Gasteiger partial charge is 0.476 e. The molecule has 17 heavy (non-hydrogen) atoms. The van der Waals surface area contributed by atoms with E-state index in [9.17, 15) is 9.18 Å². The fourth-order valence-electron chi connectivity index (χ4n) is 1.47. The molecule has 1 heterocycles. The number of aromatic nitrogens is 2. The fourth-order valence-corrected chi connectivity index (χ4v) is 1.98. The second kappa shape index (κ2) is 4.67. The highest BCUT2D eigenvalue weighted by Crippen LogP contribution is 2.15. The summed E-state index contributed by atoms with van der Waals surface area (Å²) in [7, 11) is 0. The van der Waals surface area contributed by atoms with Crippen molar-refractivity contribution in [3.63, 3.8) is 0 Å². The van der Waals surface area contributed by atoms with Crippen molar-refractivity contribution in [3.05, 3.63) is 52.3 Å². The minimum absolute atomic E-state index is 0.0273. The lowest BCUT2D eigenvalue weighted by Crippen LogP contribution is -1.98. The van der Waals surface area contributed by atoms with Crippen LogP contribution in [0.15, 0.2) is 35.2 Å². The van der Waals surface area contributed by atoms with Crippen molar-refractivity contribution < 1.29 is 14.3 Å². The van der Waals surface area contributed by atoms with Gasteiger partial charge in [0.25, 0.3) is 0 Å². The van der Waals surface area contributed by atoms with Crippen LogP contribution in [0.3, 0.4) is 0 Å². The molecule has 0 aliphatic carbocycles. The van der Waals surface area contributed by atoms with Crippen molar-refractivity contribution in [2.45, 2.75) is 6.54 Å². The monoisotopic (exact) mass is 298 g/mol.